The Morgan fingerprint density at radius 3 is 2.80 bits per heavy atom. The molecule has 1 aliphatic heterocycles. The van der Waals surface area contributed by atoms with Gasteiger partial charge in [-0.05, 0) is 31.9 Å². The summed E-state index contributed by atoms with van der Waals surface area (Å²) in [7, 11) is 0. The van der Waals surface area contributed by atoms with Crippen LogP contribution < -0.4 is 15.8 Å². The molecule has 1 fully saturated rings. The number of nitrogens with one attached hydrogen (secondary N) is 1. The summed E-state index contributed by atoms with van der Waals surface area (Å²) in [5, 5.41) is 2.85. The molecule has 20 heavy (non-hydrogen) atoms. The molecular weight excluding hydrogens is 280 g/mol. The molecule has 2 rings (SSSR count). The van der Waals surface area contributed by atoms with Gasteiger partial charge in [0.15, 0.2) is 0 Å². The molecule has 1 aromatic carbocycles. The van der Waals surface area contributed by atoms with E-state index in [4.69, 9.17) is 15.2 Å². The van der Waals surface area contributed by atoms with E-state index < -0.39 is 5.54 Å². The molecule has 1 saturated heterocycles. The van der Waals surface area contributed by atoms with E-state index in [0.717, 1.165) is 5.75 Å². The molecule has 0 unspecified atom stereocenters. The third kappa shape index (κ3) is 4.10. The number of benzene rings is 1. The first kappa shape index (κ1) is 16.8. The average molecular weight is 301 g/mol. The van der Waals surface area contributed by atoms with Crippen LogP contribution in [0, 0.1) is 0 Å². The predicted octanol–water partition coefficient (Wildman–Crippen LogP) is 1.95. The van der Waals surface area contributed by atoms with Gasteiger partial charge < -0.3 is 20.5 Å². The molecule has 1 heterocycles. The van der Waals surface area contributed by atoms with Crippen molar-refractivity contribution in [3.05, 3.63) is 24.3 Å². The van der Waals surface area contributed by atoms with E-state index in [2.05, 4.69) is 5.32 Å². The summed E-state index contributed by atoms with van der Waals surface area (Å²) >= 11 is 0. The second-order valence-corrected chi connectivity index (χ2v) is 4.68. The molecule has 1 aromatic rings. The average Bonchev–Trinajstić information content (AvgIpc) is 2.40. The van der Waals surface area contributed by atoms with Crippen LogP contribution in [0.2, 0.25) is 0 Å². The SMILES string of the molecule is CCOc1cccc(NC(=O)C2(N)CCOCC2)c1.Cl. The lowest BCUT2D eigenvalue weighted by Crippen LogP contribution is -2.54. The summed E-state index contributed by atoms with van der Waals surface area (Å²) in [4.78, 5) is 12.2. The number of ether oxygens (including phenoxy) is 2. The Kier molecular flexibility index (Phi) is 6.26. The second-order valence-electron chi connectivity index (χ2n) is 4.68. The molecule has 0 aliphatic carbocycles. The zero-order valence-corrected chi connectivity index (χ0v) is 12.4. The first-order valence-electron chi connectivity index (χ1n) is 6.55. The number of carbonyl (C=O) groups excluding carboxylic acids is 1. The second kappa shape index (κ2) is 7.47. The van der Waals surface area contributed by atoms with Gasteiger partial charge in [0.05, 0.1) is 6.61 Å². The number of amides is 1. The highest BCUT2D eigenvalue weighted by Crippen LogP contribution is 2.22. The standard InChI is InChI=1S/C14H20N2O3.ClH/c1-2-19-12-5-3-4-11(10-12)16-13(17)14(15)6-8-18-9-7-14;/h3-5,10H,2,6-9,15H2,1H3,(H,16,17);1H. The molecule has 0 radical (unpaired) electrons. The molecule has 0 bridgehead atoms. The van der Waals surface area contributed by atoms with Crippen molar-refractivity contribution in [1.29, 1.82) is 0 Å². The summed E-state index contributed by atoms with van der Waals surface area (Å²) in [5.41, 5.74) is 5.99. The van der Waals surface area contributed by atoms with Crippen LogP contribution in [0.5, 0.6) is 5.75 Å². The lowest BCUT2D eigenvalue weighted by Gasteiger charge is -2.31. The quantitative estimate of drug-likeness (QED) is 0.891. The van der Waals surface area contributed by atoms with Gasteiger partial charge in [-0.1, -0.05) is 6.07 Å². The Bertz CT molecular complexity index is 448. The predicted molar refractivity (Wildman–Crippen MR) is 80.5 cm³/mol. The van der Waals surface area contributed by atoms with Crippen molar-refractivity contribution >= 4 is 24.0 Å². The van der Waals surface area contributed by atoms with Crippen molar-refractivity contribution in [1.82, 2.24) is 0 Å². The number of rotatable bonds is 4. The number of hydrogen-bond acceptors (Lipinski definition) is 4. The van der Waals surface area contributed by atoms with Gasteiger partial charge in [-0.3, -0.25) is 4.79 Å². The van der Waals surface area contributed by atoms with E-state index in [1.165, 1.54) is 0 Å². The minimum Gasteiger partial charge on any atom is -0.494 e. The monoisotopic (exact) mass is 300 g/mol. The van der Waals surface area contributed by atoms with Crippen molar-refractivity contribution < 1.29 is 14.3 Å². The van der Waals surface area contributed by atoms with Crippen LogP contribution in [0.25, 0.3) is 0 Å². The van der Waals surface area contributed by atoms with Crippen LogP contribution in [-0.2, 0) is 9.53 Å². The van der Waals surface area contributed by atoms with Crippen molar-refractivity contribution in [3.8, 4) is 5.75 Å². The minimum atomic E-state index is -0.833. The van der Waals surface area contributed by atoms with Gasteiger partial charge in [0.1, 0.15) is 11.3 Å². The van der Waals surface area contributed by atoms with E-state index in [0.29, 0.717) is 38.3 Å². The fourth-order valence-electron chi connectivity index (χ4n) is 2.05. The van der Waals surface area contributed by atoms with Crippen molar-refractivity contribution in [3.63, 3.8) is 0 Å². The largest absolute Gasteiger partial charge is 0.494 e. The van der Waals surface area contributed by atoms with Crippen LogP contribution in [0.4, 0.5) is 5.69 Å². The highest BCUT2D eigenvalue weighted by Gasteiger charge is 2.35. The van der Waals surface area contributed by atoms with Crippen molar-refractivity contribution in [2.45, 2.75) is 25.3 Å². The maximum atomic E-state index is 12.2. The number of anilines is 1. The third-order valence-electron chi connectivity index (χ3n) is 3.24. The molecule has 0 saturated carbocycles. The Morgan fingerprint density at radius 1 is 1.45 bits per heavy atom. The van der Waals surface area contributed by atoms with E-state index in [1.54, 1.807) is 6.07 Å². The van der Waals surface area contributed by atoms with Gasteiger partial charge in [-0.25, -0.2) is 0 Å². The maximum absolute atomic E-state index is 12.2. The lowest BCUT2D eigenvalue weighted by molar-refractivity contribution is -0.124. The molecule has 5 nitrogen and oxygen atoms in total. The van der Waals surface area contributed by atoms with Crippen molar-refractivity contribution in [2.75, 3.05) is 25.1 Å². The van der Waals surface area contributed by atoms with Crippen LogP contribution >= 0.6 is 12.4 Å². The first-order valence-corrected chi connectivity index (χ1v) is 6.55. The number of nitrogens with two attached hydrogens (primary N) is 1. The topological polar surface area (TPSA) is 73.6 Å². The first-order chi connectivity index (χ1) is 9.14. The van der Waals surface area contributed by atoms with E-state index in [9.17, 15) is 4.79 Å². The fraction of sp³-hybridized carbons (Fsp3) is 0.500. The van der Waals surface area contributed by atoms with Gasteiger partial charge >= 0.3 is 0 Å². The van der Waals surface area contributed by atoms with E-state index >= 15 is 0 Å². The van der Waals surface area contributed by atoms with Gasteiger partial charge in [0.25, 0.3) is 0 Å². The highest BCUT2D eigenvalue weighted by atomic mass is 35.5. The van der Waals surface area contributed by atoms with Gasteiger partial charge in [-0.2, -0.15) is 0 Å². The third-order valence-corrected chi connectivity index (χ3v) is 3.24. The highest BCUT2D eigenvalue weighted by molar-refractivity contribution is 5.98. The Hall–Kier alpha value is -1.30. The molecular formula is C14H21ClN2O3. The number of hydrogen-bond donors (Lipinski definition) is 2. The van der Waals surface area contributed by atoms with Crippen LogP contribution in [0.3, 0.4) is 0 Å². The molecule has 1 aliphatic rings. The summed E-state index contributed by atoms with van der Waals surface area (Å²) in [6.45, 7) is 3.57. The fourth-order valence-corrected chi connectivity index (χ4v) is 2.05. The van der Waals surface area contributed by atoms with Gasteiger partial charge in [0, 0.05) is 25.0 Å². The zero-order chi connectivity index (χ0) is 13.7. The molecule has 0 aromatic heterocycles. The Balaban J connectivity index is 0.00000200. The Morgan fingerprint density at radius 2 is 2.15 bits per heavy atom. The van der Waals surface area contributed by atoms with Crippen LogP contribution in [-0.4, -0.2) is 31.3 Å². The Labute approximate surface area is 125 Å². The molecule has 3 N–H and O–H groups in total. The van der Waals surface area contributed by atoms with E-state index in [-0.39, 0.29) is 18.3 Å². The number of halogens is 1. The zero-order valence-electron chi connectivity index (χ0n) is 11.6. The molecule has 6 heteroatoms. The van der Waals surface area contributed by atoms with E-state index in [1.807, 2.05) is 25.1 Å². The molecule has 0 spiro atoms. The van der Waals surface area contributed by atoms with Crippen LogP contribution in [0.1, 0.15) is 19.8 Å². The molecule has 1 amide bonds. The summed E-state index contributed by atoms with van der Waals surface area (Å²) in [6.07, 6.45) is 1.09. The summed E-state index contributed by atoms with van der Waals surface area (Å²) in [6, 6.07) is 7.31. The van der Waals surface area contributed by atoms with Gasteiger partial charge in [0.2, 0.25) is 5.91 Å². The summed E-state index contributed by atoms with van der Waals surface area (Å²) < 4.78 is 10.6. The lowest BCUT2D eigenvalue weighted by atomic mass is 9.90. The van der Waals surface area contributed by atoms with Gasteiger partial charge in [-0.15, -0.1) is 12.4 Å². The van der Waals surface area contributed by atoms with Crippen molar-refractivity contribution in [2.24, 2.45) is 5.73 Å². The van der Waals surface area contributed by atoms with Crippen LogP contribution in [0.15, 0.2) is 24.3 Å². The molecule has 112 valence electrons. The minimum absolute atomic E-state index is 0. The molecule has 0 atom stereocenters. The maximum Gasteiger partial charge on any atom is 0.244 e. The summed E-state index contributed by atoms with van der Waals surface area (Å²) in [5.74, 6) is 0.572. The smallest absolute Gasteiger partial charge is 0.244 e. The normalized spacial score (nSPS) is 16.9. The number of carbonyl (C=O) groups is 1.